The fourth-order valence-electron chi connectivity index (χ4n) is 4.14. The highest BCUT2D eigenvalue weighted by atomic mass is 35.5. The Labute approximate surface area is 177 Å². The van der Waals surface area contributed by atoms with Crippen molar-refractivity contribution in [1.82, 2.24) is 9.80 Å². The number of piperidine rings is 1. The number of rotatable bonds is 6. The van der Waals surface area contributed by atoms with Gasteiger partial charge < -0.3 is 14.4 Å². The molecule has 1 aromatic rings. The van der Waals surface area contributed by atoms with Crippen molar-refractivity contribution in [2.24, 2.45) is 5.92 Å². The number of benzene rings is 1. The van der Waals surface area contributed by atoms with Crippen LogP contribution in [0.25, 0.3) is 0 Å². The second-order valence-electron chi connectivity index (χ2n) is 7.97. The highest BCUT2D eigenvalue weighted by Crippen LogP contribution is 2.26. The van der Waals surface area contributed by atoms with Gasteiger partial charge in [0.2, 0.25) is 5.91 Å². The zero-order valence-corrected chi connectivity index (χ0v) is 18.2. The predicted octanol–water partition coefficient (Wildman–Crippen LogP) is 4.11. The molecule has 7 heteroatoms. The molecule has 5 nitrogen and oxygen atoms in total. The lowest BCUT2D eigenvalue weighted by molar-refractivity contribution is -0.133. The number of carbonyl (C=O) groups excluding carboxylic acids is 1. The minimum atomic E-state index is 0.159. The van der Waals surface area contributed by atoms with Crippen molar-refractivity contribution in [2.45, 2.75) is 45.3 Å². The summed E-state index contributed by atoms with van der Waals surface area (Å²) in [5.74, 6) is 1.45. The third kappa shape index (κ3) is 6.24. The maximum absolute atomic E-state index is 12.5. The van der Waals surface area contributed by atoms with Gasteiger partial charge >= 0.3 is 0 Å². The van der Waals surface area contributed by atoms with Crippen LogP contribution < -0.4 is 4.74 Å². The molecule has 28 heavy (non-hydrogen) atoms. The van der Waals surface area contributed by atoms with Crippen LogP contribution in [-0.4, -0.2) is 67.2 Å². The molecule has 0 bridgehead atoms. The van der Waals surface area contributed by atoms with Crippen molar-refractivity contribution in [3.05, 3.63) is 28.2 Å². The first-order chi connectivity index (χ1) is 13.4. The van der Waals surface area contributed by atoms with Crippen molar-refractivity contribution >= 4 is 29.1 Å². The normalized spacial score (nSPS) is 24.4. The first kappa shape index (κ1) is 21.7. The van der Waals surface area contributed by atoms with Crippen molar-refractivity contribution in [1.29, 1.82) is 0 Å². The molecule has 156 valence electrons. The number of hydrogen-bond acceptors (Lipinski definition) is 4. The number of amides is 1. The molecule has 2 aliphatic rings. The van der Waals surface area contributed by atoms with Crippen molar-refractivity contribution < 1.29 is 14.3 Å². The Bertz CT molecular complexity index is 655. The van der Waals surface area contributed by atoms with E-state index in [-0.39, 0.29) is 5.91 Å². The SMILES string of the molecule is CC1CN(CC2CCN(C(=O)CCOc3ccc(Cl)c(Cl)c3)CC2)CC(C)O1. The molecule has 2 heterocycles. The minimum Gasteiger partial charge on any atom is -0.493 e. The van der Waals surface area contributed by atoms with Crippen LogP contribution in [0.1, 0.15) is 33.1 Å². The molecule has 0 saturated carbocycles. The third-order valence-electron chi connectivity index (χ3n) is 5.45. The Kier molecular flexibility index (Phi) is 7.86. The van der Waals surface area contributed by atoms with E-state index in [9.17, 15) is 4.79 Å². The summed E-state index contributed by atoms with van der Waals surface area (Å²) < 4.78 is 11.5. The number of ether oxygens (including phenoxy) is 2. The van der Waals surface area contributed by atoms with Gasteiger partial charge in [-0.2, -0.15) is 0 Å². The molecule has 0 spiro atoms. The van der Waals surface area contributed by atoms with Crippen LogP contribution in [0.15, 0.2) is 18.2 Å². The molecule has 1 aromatic carbocycles. The van der Waals surface area contributed by atoms with Gasteiger partial charge in [0, 0.05) is 38.8 Å². The quantitative estimate of drug-likeness (QED) is 0.683. The van der Waals surface area contributed by atoms with Gasteiger partial charge in [0.05, 0.1) is 35.3 Å². The summed E-state index contributed by atoms with van der Waals surface area (Å²) in [4.78, 5) is 17.0. The molecule has 0 aromatic heterocycles. The first-order valence-electron chi connectivity index (χ1n) is 10.1. The van der Waals surface area contributed by atoms with Gasteiger partial charge in [-0.3, -0.25) is 9.69 Å². The van der Waals surface area contributed by atoms with E-state index in [1.807, 2.05) is 4.90 Å². The molecule has 0 N–H and O–H groups in total. The monoisotopic (exact) mass is 428 g/mol. The predicted molar refractivity (Wildman–Crippen MR) is 112 cm³/mol. The fourth-order valence-corrected chi connectivity index (χ4v) is 4.43. The Hall–Kier alpha value is -1.01. The topological polar surface area (TPSA) is 42.0 Å². The second-order valence-corrected chi connectivity index (χ2v) is 8.79. The summed E-state index contributed by atoms with van der Waals surface area (Å²) in [6.07, 6.45) is 3.13. The minimum absolute atomic E-state index is 0.159. The van der Waals surface area contributed by atoms with E-state index in [2.05, 4.69) is 18.7 Å². The largest absolute Gasteiger partial charge is 0.493 e. The summed E-state index contributed by atoms with van der Waals surface area (Å²) in [6, 6.07) is 5.13. The van der Waals surface area contributed by atoms with Crippen LogP contribution in [0, 0.1) is 5.92 Å². The Balaban J connectivity index is 1.36. The molecular formula is C21H30Cl2N2O3. The van der Waals surface area contributed by atoms with Crippen LogP contribution >= 0.6 is 23.2 Å². The average molecular weight is 429 g/mol. The average Bonchev–Trinajstić information content (AvgIpc) is 2.64. The smallest absolute Gasteiger partial charge is 0.225 e. The van der Waals surface area contributed by atoms with Crippen molar-refractivity contribution in [2.75, 3.05) is 39.3 Å². The molecule has 0 aliphatic carbocycles. The summed E-state index contributed by atoms with van der Waals surface area (Å²) in [5.41, 5.74) is 0. The lowest BCUT2D eigenvalue weighted by atomic mass is 9.95. The van der Waals surface area contributed by atoms with E-state index in [1.54, 1.807) is 18.2 Å². The number of carbonyl (C=O) groups is 1. The molecule has 2 saturated heterocycles. The van der Waals surface area contributed by atoms with Crippen molar-refractivity contribution in [3.63, 3.8) is 0 Å². The van der Waals surface area contributed by atoms with Crippen molar-refractivity contribution in [3.8, 4) is 5.75 Å². The molecule has 2 unspecified atom stereocenters. The lowest BCUT2D eigenvalue weighted by Gasteiger charge is -2.39. The number of nitrogens with zero attached hydrogens (tertiary/aromatic N) is 2. The highest BCUT2D eigenvalue weighted by molar-refractivity contribution is 6.42. The number of likely N-dealkylation sites (tertiary alicyclic amines) is 1. The molecule has 3 rings (SSSR count). The highest BCUT2D eigenvalue weighted by Gasteiger charge is 2.27. The summed E-state index contributed by atoms with van der Waals surface area (Å²) >= 11 is 11.9. The molecular weight excluding hydrogens is 399 g/mol. The van der Waals surface area contributed by atoms with Crippen LogP contribution in [0.2, 0.25) is 10.0 Å². The van der Waals surface area contributed by atoms with Crippen LogP contribution in [0.4, 0.5) is 0 Å². The molecule has 2 atom stereocenters. The van der Waals surface area contributed by atoms with E-state index in [1.165, 1.54) is 0 Å². The first-order valence-corrected chi connectivity index (χ1v) is 10.9. The molecule has 2 fully saturated rings. The Morgan fingerprint density at radius 1 is 1.14 bits per heavy atom. The summed E-state index contributed by atoms with van der Waals surface area (Å²) in [6.45, 7) is 9.44. The molecule has 0 radical (unpaired) electrons. The van der Waals surface area contributed by atoms with E-state index >= 15 is 0 Å². The van der Waals surface area contributed by atoms with E-state index in [4.69, 9.17) is 32.7 Å². The number of halogens is 2. The Morgan fingerprint density at radius 3 is 2.46 bits per heavy atom. The van der Waals surface area contributed by atoms with Crippen LogP contribution in [-0.2, 0) is 9.53 Å². The summed E-state index contributed by atoms with van der Waals surface area (Å²) in [7, 11) is 0. The van der Waals surface area contributed by atoms with Crippen LogP contribution in [0.3, 0.4) is 0 Å². The lowest BCUT2D eigenvalue weighted by Crippen LogP contribution is -2.48. The van der Waals surface area contributed by atoms with Gasteiger partial charge in [-0.1, -0.05) is 23.2 Å². The second kappa shape index (κ2) is 10.1. The maximum Gasteiger partial charge on any atom is 0.225 e. The van der Waals surface area contributed by atoms with Gasteiger partial charge in [-0.05, 0) is 44.7 Å². The van der Waals surface area contributed by atoms with E-state index in [0.717, 1.165) is 45.6 Å². The fraction of sp³-hybridized carbons (Fsp3) is 0.667. The van der Waals surface area contributed by atoms with Gasteiger partial charge in [0.25, 0.3) is 0 Å². The summed E-state index contributed by atoms with van der Waals surface area (Å²) in [5, 5.41) is 0.950. The van der Waals surface area contributed by atoms with Gasteiger partial charge in [0.1, 0.15) is 5.75 Å². The van der Waals surface area contributed by atoms with E-state index in [0.29, 0.717) is 46.9 Å². The van der Waals surface area contributed by atoms with E-state index < -0.39 is 0 Å². The third-order valence-corrected chi connectivity index (χ3v) is 6.19. The standard InChI is InChI=1S/C21H30Cl2N2O3/c1-15-12-24(13-16(2)28-15)14-17-5-8-25(9-6-17)21(26)7-10-27-18-3-4-19(22)20(23)11-18/h3-4,11,15-17H,5-10,12-14H2,1-2H3. The number of morpholine rings is 1. The Morgan fingerprint density at radius 2 is 1.82 bits per heavy atom. The van der Waals surface area contributed by atoms with Gasteiger partial charge in [-0.25, -0.2) is 0 Å². The molecule has 1 amide bonds. The molecule has 2 aliphatic heterocycles. The zero-order valence-electron chi connectivity index (χ0n) is 16.7. The van der Waals surface area contributed by atoms with Gasteiger partial charge in [0.15, 0.2) is 0 Å². The van der Waals surface area contributed by atoms with Gasteiger partial charge in [-0.15, -0.1) is 0 Å². The zero-order chi connectivity index (χ0) is 20.1. The number of hydrogen-bond donors (Lipinski definition) is 0. The maximum atomic E-state index is 12.5. The van der Waals surface area contributed by atoms with Crippen LogP contribution in [0.5, 0.6) is 5.75 Å².